The molecule has 0 fully saturated rings. The van der Waals surface area contributed by atoms with Gasteiger partial charge in [-0.25, -0.2) is 0 Å². The largest absolute Gasteiger partial charge is 0.309 e. The molecule has 1 N–H and O–H groups in total. The molecule has 1 heterocycles. The molecule has 4 heteroatoms. The highest BCUT2D eigenvalue weighted by Gasteiger charge is 2.29. The summed E-state index contributed by atoms with van der Waals surface area (Å²) < 4.78 is 0. The third kappa shape index (κ3) is 2.43. The first-order valence-corrected chi connectivity index (χ1v) is 6.19. The van der Waals surface area contributed by atoms with Gasteiger partial charge in [-0.3, -0.25) is 9.59 Å². The molecule has 96 valence electrons. The second-order valence-electron chi connectivity index (χ2n) is 4.64. The number of carbonyl (C=O) groups is 2. The van der Waals surface area contributed by atoms with Crippen LogP contribution >= 0.6 is 0 Å². The van der Waals surface area contributed by atoms with Crippen molar-refractivity contribution in [2.24, 2.45) is 0 Å². The Labute approximate surface area is 107 Å². The van der Waals surface area contributed by atoms with E-state index in [1.807, 2.05) is 24.3 Å². The molecule has 0 aromatic heterocycles. The maximum absolute atomic E-state index is 12.4. The average Bonchev–Trinajstić information content (AvgIpc) is 2.48. The molecule has 1 aromatic rings. The van der Waals surface area contributed by atoms with Crippen molar-refractivity contribution in [1.82, 2.24) is 5.32 Å². The van der Waals surface area contributed by atoms with Crippen molar-refractivity contribution >= 4 is 17.4 Å². The summed E-state index contributed by atoms with van der Waals surface area (Å²) >= 11 is 0. The van der Waals surface area contributed by atoms with E-state index in [9.17, 15) is 9.59 Å². The van der Waals surface area contributed by atoms with Gasteiger partial charge in [0.05, 0.1) is 12.6 Å². The topological polar surface area (TPSA) is 49.4 Å². The maximum Gasteiger partial charge on any atom is 0.244 e. The molecule has 0 spiro atoms. The number of ketones is 1. The summed E-state index contributed by atoms with van der Waals surface area (Å²) in [5.41, 5.74) is 2.00. The van der Waals surface area contributed by atoms with E-state index in [-0.39, 0.29) is 24.3 Å². The molecule has 1 unspecified atom stereocenters. The van der Waals surface area contributed by atoms with Crippen molar-refractivity contribution in [3.8, 4) is 0 Å². The van der Waals surface area contributed by atoms with Gasteiger partial charge in [0.2, 0.25) is 5.91 Å². The predicted molar refractivity (Wildman–Crippen MR) is 70.6 cm³/mol. The number of anilines is 1. The van der Waals surface area contributed by atoms with Crippen LogP contribution in [0.5, 0.6) is 0 Å². The molecule has 18 heavy (non-hydrogen) atoms. The van der Waals surface area contributed by atoms with E-state index in [2.05, 4.69) is 5.32 Å². The summed E-state index contributed by atoms with van der Waals surface area (Å²) in [5.74, 6) is -0.0208. The van der Waals surface area contributed by atoms with Crippen molar-refractivity contribution in [3.05, 3.63) is 29.8 Å². The first-order valence-electron chi connectivity index (χ1n) is 6.19. The van der Waals surface area contributed by atoms with E-state index in [0.29, 0.717) is 0 Å². The Hall–Kier alpha value is -1.68. The molecule has 0 saturated carbocycles. The van der Waals surface area contributed by atoms with Gasteiger partial charge in [-0.05, 0) is 38.4 Å². The molecule has 0 bridgehead atoms. The highest BCUT2D eigenvalue weighted by Crippen LogP contribution is 2.26. The minimum absolute atomic E-state index is 0.00472. The molecule has 0 radical (unpaired) electrons. The lowest BCUT2D eigenvalue weighted by atomic mass is 10.1. The average molecular weight is 246 g/mol. The van der Waals surface area contributed by atoms with Gasteiger partial charge in [0, 0.05) is 5.69 Å². The van der Waals surface area contributed by atoms with E-state index in [1.165, 1.54) is 6.92 Å². The summed E-state index contributed by atoms with van der Waals surface area (Å²) in [5, 5.41) is 3.03. The Morgan fingerprint density at radius 1 is 1.44 bits per heavy atom. The minimum atomic E-state index is -0.211. The van der Waals surface area contributed by atoms with Crippen LogP contribution in [0.1, 0.15) is 18.9 Å². The number of rotatable bonds is 3. The van der Waals surface area contributed by atoms with E-state index in [1.54, 1.807) is 11.9 Å². The number of fused-ring (bicyclic) bond motifs is 1. The normalized spacial score (nSPS) is 19.3. The molecule has 1 aromatic carbocycles. The molecule has 0 saturated heterocycles. The van der Waals surface area contributed by atoms with Gasteiger partial charge in [0.15, 0.2) is 0 Å². The lowest BCUT2D eigenvalue weighted by Gasteiger charge is -2.24. The highest BCUT2D eigenvalue weighted by atomic mass is 16.2. The lowest BCUT2D eigenvalue weighted by molar-refractivity contribution is -0.123. The van der Waals surface area contributed by atoms with Crippen LogP contribution in [0.2, 0.25) is 0 Å². The Bertz CT molecular complexity index is 471. The van der Waals surface area contributed by atoms with Crippen molar-refractivity contribution < 1.29 is 9.59 Å². The minimum Gasteiger partial charge on any atom is -0.309 e. The van der Waals surface area contributed by atoms with Gasteiger partial charge in [0.25, 0.3) is 0 Å². The Balaban J connectivity index is 2.41. The van der Waals surface area contributed by atoms with Crippen LogP contribution in [0, 0.1) is 0 Å². The number of Topliss-reactive ketones (excluding diaryl/α,β-unsaturated/α-hetero) is 1. The number of aryl methyl sites for hydroxylation is 1. The summed E-state index contributed by atoms with van der Waals surface area (Å²) in [6.07, 6.45) is 1.61. The first kappa shape index (κ1) is 12.8. The Morgan fingerprint density at radius 2 is 2.17 bits per heavy atom. The van der Waals surface area contributed by atoms with Crippen molar-refractivity contribution in [1.29, 1.82) is 0 Å². The van der Waals surface area contributed by atoms with Crippen LogP contribution < -0.4 is 10.2 Å². The number of benzene rings is 1. The van der Waals surface area contributed by atoms with E-state index in [0.717, 1.165) is 24.1 Å². The molecule has 1 aliphatic rings. The number of nitrogens with one attached hydrogen (secondary N) is 1. The molecule has 0 aliphatic carbocycles. The summed E-state index contributed by atoms with van der Waals surface area (Å²) in [7, 11) is 1.78. The van der Waals surface area contributed by atoms with E-state index < -0.39 is 0 Å². The smallest absolute Gasteiger partial charge is 0.244 e. The second kappa shape index (κ2) is 5.31. The lowest BCUT2D eigenvalue weighted by Crippen LogP contribution is -2.46. The first-order chi connectivity index (χ1) is 8.63. The maximum atomic E-state index is 12.4. The summed E-state index contributed by atoms with van der Waals surface area (Å²) in [6.45, 7) is 1.66. The Morgan fingerprint density at radius 3 is 2.83 bits per heavy atom. The number of para-hydroxylation sites is 1. The molecule has 4 nitrogen and oxygen atoms in total. The molecule has 2 rings (SSSR count). The van der Waals surface area contributed by atoms with Crippen LogP contribution in [0.25, 0.3) is 0 Å². The molecule has 1 atom stereocenters. The van der Waals surface area contributed by atoms with Gasteiger partial charge >= 0.3 is 0 Å². The van der Waals surface area contributed by atoms with Crippen LogP contribution in [0.4, 0.5) is 5.69 Å². The predicted octanol–water partition coefficient (Wildman–Crippen LogP) is 1.14. The third-order valence-corrected chi connectivity index (χ3v) is 3.28. The number of carbonyl (C=O) groups excluding carboxylic acids is 2. The van der Waals surface area contributed by atoms with Crippen molar-refractivity contribution in [3.63, 3.8) is 0 Å². The van der Waals surface area contributed by atoms with Gasteiger partial charge < -0.3 is 10.2 Å². The van der Waals surface area contributed by atoms with Gasteiger partial charge in [-0.15, -0.1) is 0 Å². The monoisotopic (exact) mass is 246 g/mol. The van der Waals surface area contributed by atoms with E-state index in [4.69, 9.17) is 0 Å². The number of amides is 1. The van der Waals surface area contributed by atoms with E-state index >= 15 is 0 Å². The highest BCUT2D eigenvalue weighted by molar-refractivity contribution is 6.02. The van der Waals surface area contributed by atoms with Gasteiger partial charge in [0.1, 0.15) is 5.78 Å². The van der Waals surface area contributed by atoms with Gasteiger partial charge in [-0.2, -0.15) is 0 Å². The fourth-order valence-corrected chi connectivity index (χ4v) is 2.37. The molecular weight excluding hydrogens is 228 g/mol. The summed E-state index contributed by atoms with van der Waals surface area (Å²) in [4.78, 5) is 25.3. The number of hydrogen-bond acceptors (Lipinski definition) is 3. The molecular formula is C14H18N2O2. The van der Waals surface area contributed by atoms with Gasteiger partial charge in [-0.1, -0.05) is 18.2 Å². The standard InChI is InChI=1S/C14H18N2O2/c1-10(17)9-16-13-6-4-3-5-11(13)7-8-12(15-2)14(16)18/h3-6,12,15H,7-9H2,1-2H3. The van der Waals surface area contributed by atoms with Crippen LogP contribution in [-0.4, -0.2) is 31.3 Å². The SMILES string of the molecule is CNC1CCc2ccccc2N(CC(C)=O)C1=O. The van der Waals surface area contributed by atoms with Crippen LogP contribution in [0.3, 0.4) is 0 Å². The van der Waals surface area contributed by atoms with Crippen LogP contribution in [0.15, 0.2) is 24.3 Å². The fraction of sp³-hybridized carbons (Fsp3) is 0.429. The quantitative estimate of drug-likeness (QED) is 0.870. The Kier molecular flexibility index (Phi) is 3.77. The fourth-order valence-electron chi connectivity index (χ4n) is 2.37. The number of likely N-dealkylation sites (N-methyl/N-ethyl adjacent to an activating group) is 1. The van der Waals surface area contributed by atoms with Crippen molar-refractivity contribution in [2.45, 2.75) is 25.8 Å². The molecule has 1 aliphatic heterocycles. The zero-order valence-electron chi connectivity index (χ0n) is 10.8. The third-order valence-electron chi connectivity index (χ3n) is 3.28. The second-order valence-corrected chi connectivity index (χ2v) is 4.64. The van der Waals surface area contributed by atoms with Crippen LogP contribution in [-0.2, 0) is 16.0 Å². The zero-order valence-corrected chi connectivity index (χ0v) is 10.8. The van der Waals surface area contributed by atoms with Crippen molar-refractivity contribution in [2.75, 3.05) is 18.5 Å². The summed E-state index contributed by atoms with van der Waals surface area (Å²) in [6, 6.07) is 7.59. The molecule has 1 amide bonds. The number of nitrogens with zero attached hydrogens (tertiary/aromatic N) is 1. The zero-order chi connectivity index (χ0) is 13.1. The number of hydrogen-bond donors (Lipinski definition) is 1.